The van der Waals surface area contributed by atoms with Gasteiger partial charge in [0.05, 0.1) is 31.3 Å². The minimum Gasteiger partial charge on any atom is -0.370 e. The first-order valence-corrected chi connectivity index (χ1v) is 11.4. The Balaban J connectivity index is 1.34. The molecule has 0 spiro atoms. The molecule has 0 aromatic carbocycles. The first kappa shape index (κ1) is 18.7. The number of nitrogens with one attached hydrogen (secondary N) is 4. The van der Waals surface area contributed by atoms with Crippen LogP contribution in [0.2, 0.25) is 0 Å². The quantitative estimate of drug-likeness (QED) is 0.504. The molecule has 1 saturated heterocycles. The molecule has 29 heavy (non-hydrogen) atoms. The fourth-order valence-electron chi connectivity index (χ4n) is 4.19. The van der Waals surface area contributed by atoms with Gasteiger partial charge in [-0.2, -0.15) is 0 Å². The van der Waals surface area contributed by atoms with Crippen LogP contribution in [-0.4, -0.2) is 49.4 Å². The van der Waals surface area contributed by atoms with Gasteiger partial charge in [0.2, 0.25) is 0 Å². The van der Waals surface area contributed by atoms with Gasteiger partial charge in [-0.15, -0.1) is 11.3 Å². The molecule has 152 valence electrons. The van der Waals surface area contributed by atoms with Crippen LogP contribution in [0.25, 0.3) is 10.2 Å². The first-order chi connectivity index (χ1) is 14.4. The molecule has 0 amide bonds. The summed E-state index contributed by atoms with van der Waals surface area (Å²) in [6, 6.07) is 6.04. The molecule has 1 fully saturated rings. The van der Waals surface area contributed by atoms with Crippen LogP contribution in [0.1, 0.15) is 22.7 Å². The maximum Gasteiger partial charge on any atom is 0.272 e. The molecule has 0 saturated carbocycles. The Hall–Kier alpha value is -2.29. The van der Waals surface area contributed by atoms with E-state index in [0.717, 1.165) is 74.6 Å². The number of quaternary nitrogens is 1. The predicted molar refractivity (Wildman–Crippen MR) is 115 cm³/mol. The molecule has 4 heterocycles. The maximum absolute atomic E-state index is 5.49. The van der Waals surface area contributed by atoms with Crippen LogP contribution >= 0.6 is 11.3 Å². The predicted octanol–water partition coefficient (Wildman–Crippen LogP) is 0.933. The number of rotatable bonds is 7. The van der Waals surface area contributed by atoms with E-state index < -0.39 is 0 Å². The van der Waals surface area contributed by atoms with E-state index in [2.05, 4.69) is 15.6 Å². The van der Waals surface area contributed by atoms with E-state index >= 15 is 0 Å². The summed E-state index contributed by atoms with van der Waals surface area (Å²) in [5, 5.41) is 8.27. The third-order valence-electron chi connectivity index (χ3n) is 5.66. The number of aromatic nitrogens is 3. The minimum absolute atomic E-state index is 0.809. The number of morpholine rings is 1. The fraction of sp³-hybridized carbons (Fsp3) is 0.476. The van der Waals surface area contributed by atoms with Crippen LogP contribution in [0.3, 0.4) is 0 Å². The zero-order valence-electron chi connectivity index (χ0n) is 16.6. The summed E-state index contributed by atoms with van der Waals surface area (Å²) in [5.41, 5.74) is 1.47. The number of hydrogen-bond donors (Lipinski definition) is 3. The Morgan fingerprint density at radius 2 is 2.00 bits per heavy atom. The van der Waals surface area contributed by atoms with E-state index in [9.17, 15) is 0 Å². The van der Waals surface area contributed by atoms with Gasteiger partial charge in [-0.25, -0.2) is 15.0 Å². The highest BCUT2D eigenvalue weighted by Gasteiger charge is 2.24. The molecule has 0 unspecified atom stereocenters. The maximum atomic E-state index is 5.49. The number of nitrogens with zero attached hydrogens (tertiary/aromatic N) is 2. The van der Waals surface area contributed by atoms with Gasteiger partial charge >= 0.3 is 0 Å². The van der Waals surface area contributed by atoms with Crippen molar-refractivity contribution in [2.24, 2.45) is 0 Å². The molecule has 3 aromatic rings. The molecule has 0 radical (unpaired) electrons. The van der Waals surface area contributed by atoms with Gasteiger partial charge in [0.15, 0.2) is 5.82 Å². The third kappa shape index (κ3) is 4.19. The Morgan fingerprint density at radius 3 is 2.86 bits per heavy atom. The molecular weight excluding hydrogens is 384 g/mol. The van der Waals surface area contributed by atoms with Crippen LogP contribution in [0.5, 0.6) is 0 Å². The van der Waals surface area contributed by atoms with Gasteiger partial charge in [0.1, 0.15) is 36.8 Å². The molecule has 0 bridgehead atoms. The summed E-state index contributed by atoms with van der Waals surface area (Å²) in [5.74, 6) is 2.98. The lowest BCUT2D eigenvalue weighted by molar-refractivity contribution is -0.922. The van der Waals surface area contributed by atoms with Gasteiger partial charge in [-0.05, 0) is 30.9 Å². The van der Waals surface area contributed by atoms with Crippen LogP contribution in [-0.2, 0) is 24.1 Å². The highest BCUT2D eigenvalue weighted by Crippen LogP contribution is 2.39. The smallest absolute Gasteiger partial charge is 0.272 e. The molecule has 4 N–H and O–H groups in total. The van der Waals surface area contributed by atoms with Gasteiger partial charge in [-0.1, -0.05) is 6.07 Å². The zero-order valence-corrected chi connectivity index (χ0v) is 17.4. The van der Waals surface area contributed by atoms with Crippen molar-refractivity contribution in [2.75, 3.05) is 50.0 Å². The molecule has 7 nitrogen and oxygen atoms in total. The molecular formula is C21H28N6OS+2. The number of hydrogen-bond acceptors (Lipinski definition) is 6. The number of aromatic amines is 1. The van der Waals surface area contributed by atoms with E-state index in [4.69, 9.17) is 14.7 Å². The highest BCUT2D eigenvalue weighted by atomic mass is 32.1. The monoisotopic (exact) mass is 412 g/mol. The summed E-state index contributed by atoms with van der Waals surface area (Å²) in [6.07, 6.45) is 5.52. The molecule has 3 aromatic heterocycles. The standard InChI is InChI=1S/C21H26N6OS/c1-2-7-22-17(6-1)23-8-9-24-20-19-15-4-3-5-16(15)29-21(19)26-18(25-20)14-27-10-12-28-13-11-27/h1-2,6-7H,3-5,8-14H2,(H,22,23)(H,24,25,26)/p+2. The van der Waals surface area contributed by atoms with Gasteiger partial charge < -0.3 is 15.0 Å². The van der Waals surface area contributed by atoms with Crippen molar-refractivity contribution in [3.8, 4) is 0 Å². The second kappa shape index (κ2) is 8.61. The largest absolute Gasteiger partial charge is 0.370 e. The summed E-state index contributed by atoms with van der Waals surface area (Å²) in [4.78, 5) is 17.3. The first-order valence-electron chi connectivity index (χ1n) is 10.5. The molecule has 1 aliphatic heterocycles. The second-order valence-electron chi connectivity index (χ2n) is 7.69. The minimum atomic E-state index is 0.809. The van der Waals surface area contributed by atoms with Crippen LogP contribution in [0.4, 0.5) is 11.6 Å². The highest BCUT2D eigenvalue weighted by molar-refractivity contribution is 7.19. The van der Waals surface area contributed by atoms with Crippen LogP contribution in [0, 0.1) is 0 Å². The van der Waals surface area contributed by atoms with E-state index in [0.29, 0.717) is 0 Å². The average molecular weight is 413 g/mol. The Morgan fingerprint density at radius 1 is 1.10 bits per heavy atom. The van der Waals surface area contributed by atoms with Crippen molar-refractivity contribution in [3.63, 3.8) is 0 Å². The van der Waals surface area contributed by atoms with E-state index in [1.165, 1.54) is 33.6 Å². The van der Waals surface area contributed by atoms with Gasteiger partial charge in [0.25, 0.3) is 5.82 Å². The Kier molecular flexibility index (Phi) is 5.56. The summed E-state index contributed by atoms with van der Waals surface area (Å²) >= 11 is 1.87. The van der Waals surface area contributed by atoms with Gasteiger partial charge in [0, 0.05) is 10.9 Å². The second-order valence-corrected chi connectivity index (χ2v) is 8.78. The Bertz CT molecular complexity index is 970. The number of pyridine rings is 1. The van der Waals surface area contributed by atoms with E-state index in [1.807, 2.05) is 35.7 Å². The number of H-pyrrole nitrogens is 1. The van der Waals surface area contributed by atoms with E-state index in [-0.39, 0.29) is 0 Å². The number of ether oxygens (including phenoxy) is 1. The molecule has 5 rings (SSSR count). The third-order valence-corrected chi connectivity index (χ3v) is 6.85. The van der Waals surface area contributed by atoms with Crippen LogP contribution in [0.15, 0.2) is 24.4 Å². The van der Waals surface area contributed by atoms with Crippen molar-refractivity contribution < 1.29 is 14.6 Å². The molecule has 0 atom stereocenters. The zero-order chi connectivity index (χ0) is 19.5. The topological polar surface area (TPSA) is 77.7 Å². The normalized spacial score (nSPS) is 16.8. The number of anilines is 2. The van der Waals surface area contributed by atoms with E-state index in [1.54, 1.807) is 0 Å². The van der Waals surface area contributed by atoms with Crippen molar-refractivity contribution in [1.29, 1.82) is 0 Å². The number of aryl methyl sites for hydroxylation is 2. The lowest BCUT2D eigenvalue weighted by Gasteiger charge is -2.23. The lowest BCUT2D eigenvalue weighted by Crippen LogP contribution is -3.12. The van der Waals surface area contributed by atoms with Crippen molar-refractivity contribution in [2.45, 2.75) is 25.8 Å². The van der Waals surface area contributed by atoms with Crippen LogP contribution < -0.4 is 20.5 Å². The van der Waals surface area contributed by atoms with Crippen molar-refractivity contribution >= 4 is 33.2 Å². The summed E-state index contributed by atoms with van der Waals surface area (Å²) in [7, 11) is 0. The number of thiophene rings is 1. The average Bonchev–Trinajstić information content (AvgIpc) is 3.33. The molecule has 1 aliphatic carbocycles. The number of fused-ring (bicyclic) bond motifs is 3. The summed E-state index contributed by atoms with van der Waals surface area (Å²) < 4.78 is 5.49. The SMILES string of the molecule is c1ccc(NCCNc2nc(C[NH+]3CCOCC3)nc3sc4c(c23)CCC4)[nH+]c1. The molecule has 2 aliphatic rings. The van der Waals surface area contributed by atoms with Crippen molar-refractivity contribution in [1.82, 2.24) is 9.97 Å². The fourth-order valence-corrected chi connectivity index (χ4v) is 5.47. The van der Waals surface area contributed by atoms with Gasteiger partial charge in [-0.3, -0.25) is 5.32 Å². The Labute approximate surface area is 174 Å². The van der Waals surface area contributed by atoms with Crippen molar-refractivity contribution in [3.05, 3.63) is 40.7 Å². The molecule has 8 heteroatoms. The lowest BCUT2D eigenvalue weighted by atomic mass is 10.2. The summed E-state index contributed by atoms with van der Waals surface area (Å²) in [6.45, 7) is 6.22.